The third-order valence-electron chi connectivity index (χ3n) is 3.14. The number of halogens is 3. The Hall–Kier alpha value is -0.360. The zero-order valence-electron chi connectivity index (χ0n) is 11.8. The fourth-order valence-electron chi connectivity index (χ4n) is 2.25. The lowest BCUT2D eigenvalue weighted by molar-refractivity contribution is 0.334. The molecule has 21 heavy (non-hydrogen) atoms. The molecular formula is C16H16Br3NO. The second kappa shape index (κ2) is 7.77. The van der Waals surface area contributed by atoms with Gasteiger partial charge < -0.3 is 10.1 Å². The summed E-state index contributed by atoms with van der Waals surface area (Å²) in [5.74, 6) is 0.898. The summed E-state index contributed by atoms with van der Waals surface area (Å²) < 4.78 is 8.91. The van der Waals surface area contributed by atoms with Gasteiger partial charge in [0, 0.05) is 19.0 Å². The van der Waals surface area contributed by atoms with Crippen LogP contribution < -0.4 is 10.1 Å². The Kier molecular flexibility index (Phi) is 6.29. The number of hydrogen-bond acceptors (Lipinski definition) is 2. The van der Waals surface area contributed by atoms with Crippen molar-refractivity contribution in [3.05, 3.63) is 60.9 Å². The van der Waals surface area contributed by atoms with E-state index in [4.69, 9.17) is 4.74 Å². The van der Waals surface area contributed by atoms with Gasteiger partial charge in [-0.1, -0.05) is 53.9 Å². The zero-order chi connectivity index (χ0) is 15.4. The fraction of sp³-hybridized carbons (Fsp3) is 0.250. The van der Waals surface area contributed by atoms with Crippen molar-refractivity contribution < 1.29 is 4.74 Å². The first-order valence-corrected chi connectivity index (χ1v) is 8.99. The molecule has 112 valence electrons. The van der Waals surface area contributed by atoms with E-state index in [-0.39, 0.29) is 6.04 Å². The summed E-state index contributed by atoms with van der Waals surface area (Å²) in [6.45, 7) is 2.64. The van der Waals surface area contributed by atoms with Crippen LogP contribution in [0.15, 0.2) is 49.8 Å². The number of hydrogen-bond donors (Lipinski definition) is 1. The molecule has 0 aliphatic rings. The predicted molar refractivity (Wildman–Crippen MR) is 98.1 cm³/mol. The highest BCUT2D eigenvalue weighted by atomic mass is 79.9. The minimum absolute atomic E-state index is 0.0477. The molecule has 0 aliphatic carbocycles. The van der Waals surface area contributed by atoms with Gasteiger partial charge in [-0.05, 0) is 49.9 Å². The normalized spacial score (nSPS) is 12.2. The smallest absolute Gasteiger partial charge is 0.124 e. The van der Waals surface area contributed by atoms with Crippen LogP contribution in [0.25, 0.3) is 0 Å². The summed E-state index contributed by atoms with van der Waals surface area (Å²) in [6.07, 6.45) is 0. The highest BCUT2D eigenvalue weighted by Gasteiger charge is 2.19. The molecule has 0 spiro atoms. The molecule has 0 bridgehead atoms. The van der Waals surface area contributed by atoms with Crippen LogP contribution >= 0.6 is 47.8 Å². The van der Waals surface area contributed by atoms with Crippen molar-refractivity contribution in [2.24, 2.45) is 0 Å². The van der Waals surface area contributed by atoms with E-state index in [1.54, 1.807) is 0 Å². The standard InChI is InChI=1S/C16H16Br3NO/c1-3-21-15-7-5-10(17)8-13(15)16(20-2)12-6-4-11(18)9-14(12)19/h4-9,16,20H,3H2,1-2H3. The first kappa shape index (κ1) is 17.0. The second-order valence-corrected chi connectivity index (χ2v) is 7.19. The highest BCUT2D eigenvalue weighted by molar-refractivity contribution is 9.11. The average molecular weight is 478 g/mol. The Morgan fingerprint density at radius 1 is 1.00 bits per heavy atom. The summed E-state index contributed by atoms with van der Waals surface area (Å²) in [4.78, 5) is 0. The van der Waals surface area contributed by atoms with Gasteiger partial charge in [0.15, 0.2) is 0 Å². The van der Waals surface area contributed by atoms with Crippen LogP contribution in [0.3, 0.4) is 0 Å². The molecule has 1 atom stereocenters. The maximum Gasteiger partial charge on any atom is 0.124 e. The Morgan fingerprint density at radius 2 is 1.67 bits per heavy atom. The molecule has 0 fully saturated rings. The monoisotopic (exact) mass is 475 g/mol. The third kappa shape index (κ3) is 4.09. The summed E-state index contributed by atoms with van der Waals surface area (Å²) in [6, 6.07) is 12.3. The van der Waals surface area contributed by atoms with Crippen molar-refractivity contribution in [1.82, 2.24) is 5.32 Å². The summed E-state index contributed by atoms with van der Waals surface area (Å²) >= 11 is 10.7. The summed E-state index contributed by atoms with van der Waals surface area (Å²) in [5, 5.41) is 3.37. The summed E-state index contributed by atoms with van der Waals surface area (Å²) in [7, 11) is 1.95. The topological polar surface area (TPSA) is 21.3 Å². The van der Waals surface area contributed by atoms with E-state index in [0.29, 0.717) is 6.61 Å². The lowest BCUT2D eigenvalue weighted by Crippen LogP contribution is -2.19. The predicted octanol–water partition coefficient (Wildman–Crippen LogP) is 5.68. The first-order chi connectivity index (χ1) is 10.1. The Balaban J connectivity index is 2.52. The Morgan fingerprint density at radius 3 is 2.29 bits per heavy atom. The van der Waals surface area contributed by atoms with Crippen LogP contribution in [0, 0.1) is 0 Å². The molecule has 0 saturated heterocycles. The van der Waals surface area contributed by atoms with E-state index in [1.807, 2.05) is 32.2 Å². The van der Waals surface area contributed by atoms with Crippen molar-refractivity contribution in [3.63, 3.8) is 0 Å². The molecule has 0 saturated carbocycles. The van der Waals surface area contributed by atoms with Gasteiger partial charge in [0.25, 0.3) is 0 Å². The number of benzene rings is 2. The molecule has 1 N–H and O–H groups in total. The maximum atomic E-state index is 5.77. The minimum atomic E-state index is 0.0477. The maximum absolute atomic E-state index is 5.77. The van der Waals surface area contributed by atoms with Gasteiger partial charge in [0.2, 0.25) is 0 Å². The molecule has 5 heteroatoms. The molecule has 0 aromatic heterocycles. The van der Waals surface area contributed by atoms with E-state index in [2.05, 4.69) is 71.3 Å². The molecular weight excluding hydrogens is 462 g/mol. The van der Waals surface area contributed by atoms with Gasteiger partial charge in [-0.3, -0.25) is 0 Å². The quantitative estimate of drug-likeness (QED) is 0.598. The van der Waals surface area contributed by atoms with Gasteiger partial charge in [0.1, 0.15) is 5.75 Å². The van der Waals surface area contributed by atoms with Crippen LogP contribution in [-0.4, -0.2) is 13.7 Å². The Bertz CT molecular complexity index is 631. The van der Waals surface area contributed by atoms with Crippen molar-refractivity contribution in [2.45, 2.75) is 13.0 Å². The van der Waals surface area contributed by atoms with Gasteiger partial charge in [0.05, 0.1) is 12.6 Å². The van der Waals surface area contributed by atoms with Gasteiger partial charge >= 0.3 is 0 Å². The molecule has 2 nitrogen and oxygen atoms in total. The molecule has 2 aromatic rings. The number of nitrogens with one attached hydrogen (secondary N) is 1. The van der Waals surface area contributed by atoms with Gasteiger partial charge in [-0.2, -0.15) is 0 Å². The zero-order valence-corrected chi connectivity index (χ0v) is 16.5. The number of ether oxygens (including phenoxy) is 1. The fourth-order valence-corrected chi connectivity index (χ4v) is 3.90. The van der Waals surface area contributed by atoms with Crippen molar-refractivity contribution in [1.29, 1.82) is 0 Å². The average Bonchev–Trinajstić information content (AvgIpc) is 2.45. The van der Waals surface area contributed by atoms with E-state index in [1.165, 1.54) is 5.56 Å². The second-order valence-electron chi connectivity index (χ2n) is 4.50. The van der Waals surface area contributed by atoms with Crippen LogP contribution in [0.5, 0.6) is 5.75 Å². The summed E-state index contributed by atoms with van der Waals surface area (Å²) in [5.41, 5.74) is 2.27. The Labute approximate surface area is 150 Å². The highest BCUT2D eigenvalue weighted by Crippen LogP contribution is 2.36. The van der Waals surface area contributed by atoms with Crippen LogP contribution in [0.1, 0.15) is 24.1 Å². The van der Waals surface area contributed by atoms with E-state index < -0.39 is 0 Å². The molecule has 2 rings (SSSR count). The lowest BCUT2D eigenvalue weighted by Gasteiger charge is -2.22. The first-order valence-electron chi connectivity index (χ1n) is 6.61. The SMILES string of the molecule is CCOc1ccc(Br)cc1C(NC)c1ccc(Br)cc1Br. The third-order valence-corrected chi connectivity index (χ3v) is 4.82. The van der Waals surface area contributed by atoms with E-state index in [0.717, 1.165) is 24.7 Å². The van der Waals surface area contributed by atoms with Crippen molar-refractivity contribution in [2.75, 3.05) is 13.7 Å². The van der Waals surface area contributed by atoms with E-state index in [9.17, 15) is 0 Å². The largest absolute Gasteiger partial charge is 0.494 e. The van der Waals surface area contributed by atoms with Crippen LogP contribution in [-0.2, 0) is 0 Å². The lowest BCUT2D eigenvalue weighted by atomic mass is 9.98. The molecule has 0 aliphatic heterocycles. The van der Waals surface area contributed by atoms with Gasteiger partial charge in [-0.15, -0.1) is 0 Å². The molecule has 2 aromatic carbocycles. The molecule has 0 amide bonds. The van der Waals surface area contributed by atoms with Crippen molar-refractivity contribution in [3.8, 4) is 5.75 Å². The van der Waals surface area contributed by atoms with Crippen LogP contribution in [0.2, 0.25) is 0 Å². The minimum Gasteiger partial charge on any atom is -0.494 e. The molecule has 1 unspecified atom stereocenters. The van der Waals surface area contributed by atoms with Crippen LogP contribution in [0.4, 0.5) is 0 Å². The van der Waals surface area contributed by atoms with Gasteiger partial charge in [-0.25, -0.2) is 0 Å². The van der Waals surface area contributed by atoms with Crippen molar-refractivity contribution >= 4 is 47.8 Å². The number of rotatable bonds is 5. The molecule has 0 radical (unpaired) electrons. The van der Waals surface area contributed by atoms with E-state index >= 15 is 0 Å². The molecule has 0 heterocycles.